The second-order valence-electron chi connectivity index (χ2n) is 5.65. The summed E-state index contributed by atoms with van der Waals surface area (Å²) in [5.41, 5.74) is 2.09. The maximum atomic E-state index is 14.2. The first-order valence-corrected chi connectivity index (χ1v) is 8.21. The molecule has 0 amide bonds. The lowest BCUT2D eigenvalue weighted by molar-refractivity contribution is -0.140. The van der Waals surface area contributed by atoms with E-state index in [-0.39, 0.29) is 6.61 Å². The number of hydrogen-bond acceptors (Lipinski definition) is 3. The number of ether oxygens (including phenoxy) is 1. The Balaban J connectivity index is 1.87. The third-order valence-corrected chi connectivity index (χ3v) is 4.14. The van der Waals surface area contributed by atoms with Gasteiger partial charge in [0.05, 0.1) is 11.6 Å². The van der Waals surface area contributed by atoms with Crippen LogP contribution < -0.4 is 10.6 Å². The highest BCUT2D eigenvalue weighted by atomic mass is 32.1. The average molecular weight is 356 g/mol. The summed E-state index contributed by atoms with van der Waals surface area (Å²) in [7, 11) is 0. The molecule has 0 bridgehead atoms. The van der Waals surface area contributed by atoms with E-state index in [1.54, 1.807) is 25.1 Å². The van der Waals surface area contributed by atoms with Gasteiger partial charge < -0.3 is 15.4 Å². The van der Waals surface area contributed by atoms with Gasteiger partial charge in [0.15, 0.2) is 5.11 Å². The summed E-state index contributed by atoms with van der Waals surface area (Å²) >= 11 is 5.15. The lowest BCUT2D eigenvalue weighted by Gasteiger charge is -2.30. The van der Waals surface area contributed by atoms with Crippen molar-refractivity contribution in [2.45, 2.75) is 19.6 Å². The number of esters is 1. The van der Waals surface area contributed by atoms with E-state index in [2.05, 4.69) is 10.6 Å². The summed E-state index contributed by atoms with van der Waals surface area (Å²) in [6.45, 7) is 1.87. The number of halogens is 1. The second-order valence-corrected chi connectivity index (χ2v) is 6.06. The Bertz CT molecular complexity index is 836. The van der Waals surface area contributed by atoms with E-state index in [0.717, 1.165) is 5.56 Å². The molecule has 128 valence electrons. The number of benzene rings is 2. The Kier molecular flexibility index (Phi) is 5.09. The molecule has 3 rings (SSSR count). The summed E-state index contributed by atoms with van der Waals surface area (Å²) in [5.74, 6) is -0.928. The first-order valence-electron chi connectivity index (χ1n) is 7.80. The molecule has 2 aromatic rings. The Morgan fingerprint density at radius 3 is 2.56 bits per heavy atom. The molecule has 25 heavy (non-hydrogen) atoms. The van der Waals surface area contributed by atoms with E-state index in [1.807, 2.05) is 30.3 Å². The van der Waals surface area contributed by atoms with E-state index < -0.39 is 17.8 Å². The summed E-state index contributed by atoms with van der Waals surface area (Å²) in [6.07, 6.45) is 0. The van der Waals surface area contributed by atoms with Crippen molar-refractivity contribution in [3.63, 3.8) is 0 Å². The zero-order valence-electron chi connectivity index (χ0n) is 13.6. The van der Waals surface area contributed by atoms with Crippen molar-refractivity contribution in [1.82, 2.24) is 10.6 Å². The van der Waals surface area contributed by atoms with E-state index >= 15 is 0 Å². The molecule has 0 fully saturated rings. The minimum Gasteiger partial charge on any atom is -0.457 e. The topological polar surface area (TPSA) is 50.4 Å². The normalized spacial score (nSPS) is 16.9. The number of carbonyl (C=O) groups is 1. The van der Waals surface area contributed by atoms with Crippen LogP contribution in [0.25, 0.3) is 0 Å². The largest absolute Gasteiger partial charge is 0.457 e. The molecular formula is C19H17FN2O2S. The predicted octanol–water partition coefficient (Wildman–Crippen LogP) is 3.36. The van der Waals surface area contributed by atoms with Crippen molar-refractivity contribution < 1.29 is 13.9 Å². The molecular weight excluding hydrogens is 339 g/mol. The van der Waals surface area contributed by atoms with E-state index in [4.69, 9.17) is 17.0 Å². The SMILES string of the molecule is CC1=C(C(=O)OCc2ccccc2)[C@@H](c2ccccc2F)NC(=S)N1. The number of hydrogen-bond donors (Lipinski definition) is 2. The van der Waals surface area contributed by atoms with Gasteiger partial charge in [-0.25, -0.2) is 9.18 Å². The van der Waals surface area contributed by atoms with E-state index in [0.29, 0.717) is 21.9 Å². The minimum absolute atomic E-state index is 0.144. The first kappa shape index (κ1) is 17.1. The number of nitrogens with one attached hydrogen (secondary N) is 2. The van der Waals surface area contributed by atoms with Crippen LogP contribution in [0.2, 0.25) is 0 Å². The molecule has 0 spiro atoms. The zero-order valence-corrected chi connectivity index (χ0v) is 14.4. The highest BCUT2D eigenvalue weighted by Crippen LogP contribution is 2.29. The maximum absolute atomic E-state index is 14.2. The fourth-order valence-corrected chi connectivity index (χ4v) is 2.98. The number of allylic oxidation sites excluding steroid dienone is 1. The quantitative estimate of drug-likeness (QED) is 0.650. The fourth-order valence-electron chi connectivity index (χ4n) is 2.71. The summed E-state index contributed by atoms with van der Waals surface area (Å²) in [5, 5.41) is 6.20. The van der Waals surface area contributed by atoms with Crippen molar-refractivity contribution in [2.24, 2.45) is 0 Å². The van der Waals surface area contributed by atoms with E-state index in [9.17, 15) is 9.18 Å². The van der Waals surface area contributed by atoms with Crippen LogP contribution >= 0.6 is 12.2 Å². The molecule has 4 nitrogen and oxygen atoms in total. The van der Waals surface area contributed by atoms with Gasteiger partial charge in [-0.15, -0.1) is 0 Å². The van der Waals surface area contributed by atoms with Crippen LogP contribution in [0.4, 0.5) is 4.39 Å². The van der Waals surface area contributed by atoms with Crippen LogP contribution in [0.1, 0.15) is 24.1 Å². The standard InChI is InChI=1S/C19H17FN2O2S/c1-12-16(18(23)24-11-13-7-3-2-4-8-13)17(22-19(25)21-12)14-9-5-6-10-15(14)20/h2-10,17H,11H2,1H3,(H2,21,22,25)/t17-/m1/s1. The second kappa shape index (κ2) is 7.44. The van der Waals surface area contributed by atoms with Gasteiger partial charge in [-0.1, -0.05) is 48.5 Å². The average Bonchev–Trinajstić information content (AvgIpc) is 2.60. The van der Waals surface area contributed by atoms with Gasteiger partial charge in [0.2, 0.25) is 0 Å². The van der Waals surface area contributed by atoms with Crippen LogP contribution in [0.15, 0.2) is 65.9 Å². The van der Waals surface area contributed by atoms with E-state index in [1.165, 1.54) is 6.07 Å². The molecule has 0 saturated heterocycles. The van der Waals surface area contributed by atoms with Crippen molar-refractivity contribution in [2.75, 3.05) is 0 Å². The first-order chi connectivity index (χ1) is 12.1. The smallest absolute Gasteiger partial charge is 0.338 e. The fraction of sp³-hybridized carbons (Fsp3) is 0.158. The zero-order chi connectivity index (χ0) is 17.8. The molecule has 2 aromatic carbocycles. The minimum atomic E-state index is -0.696. The van der Waals surface area contributed by atoms with Crippen molar-refractivity contribution >= 4 is 23.3 Å². The lowest BCUT2D eigenvalue weighted by Crippen LogP contribution is -2.45. The van der Waals surface area contributed by atoms with Gasteiger partial charge in [-0.05, 0) is 30.8 Å². The third-order valence-electron chi connectivity index (χ3n) is 3.92. The molecule has 6 heteroatoms. The number of rotatable bonds is 4. The lowest BCUT2D eigenvalue weighted by atomic mass is 9.95. The molecule has 1 aliphatic heterocycles. The van der Waals surface area contributed by atoms with Gasteiger partial charge in [-0.2, -0.15) is 0 Å². The molecule has 1 heterocycles. The van der Waals surface area contributed by atoms with Crippen LogP contribution in [0.5, 0.6) is 0 Å². The van der Waals surface area contributed by atoms with Gasteiger partial charge in [0.1, 0.15) is 12.4 Å². The van der Waals surface area contributed by atoms with Crippen LogP contribution in [-0.2, 0) is 16.1 Å². The van der Waals surface area contributed by atoms with Crippen LogP contribution in [-0.4, -0.2) is 11.1 Å². The molecule has 0 aliphatic carbocycles. The van der Waals surface area contributed by atoms with Crippen LogP contribution in [0.3, 0.4) is 0 Å². The van der Waals surface area contributed by atoms with Crippen molar-refractivity contribution in [3.05, 3.63) is 82.8 Å². The Morgan fingerprint density at radius 1 is 1.16 bits per heavy atom. The highest BCUT2D eigenvalue weighted by Gasteiger charge is 2.32. The predicted molar refractivity (Wildman–Crippen MR) is 96.9 cm³/mol. The van der Waals surface area contributed by atoms with Gasteiger partial charge in [0.25, 0.3) is 0 Å². The summed E-state index contributed by atoms with van der Waals surface area (Å²) in [6, 6.07) is 15.0. The molecule has 0 radical (unpaired) electrons. The Hall–Kier alpha value is -2.73. The summed E-state index contributed by atoms with van der Waals surface area (Å²) < 4.78 is 19.7. The molecule has 0 aromatic heterocycles. The van der Waals surface area contributed by atoms with Gasteiger partial charge >= 0.3 is 5.97 Å². The molecule has 0 saturated carbocycles. The van der Waals surface area contributed by atoms with Crippen LogP contribution in [0, 0.1) is 5.82 Å². The monoisotopic (exact) mass is 356 g/mol. The molecule has 1 aliphatic rings. The van der Waals surface area contributed by atoms with Gasteiger partial charge in [-0.3, -0.25) is 0 Å². The highest BCUT2D eigenvalue weighted by molar-refractivity contribution is 7.80. The summed E-state index contributed by atoms with van der Waals surface area (Å²) in [4.78, 5) is 12.7. The Morgan fingerprint density at radius 2 is 1.84 bits per heavy atom. The number of thiocarbonyl (C=S) groups is 1. The number of carbonyl (C=O) groups excluding carboxylic acids is 1. The van der Waals surface area contributed by atoms with Crippen molar-refractivity contribution in [3.8, 4) is 0 Å². The molecule has 1 atom stereocenters. The van der Waals surface area contributed by atoms with Crippen molar-refractivity contribution in [1.29, 1.82) is 0 Å². The van der Waals surface area contributed by atoms with Gasteiger partial charge in [0, 0.05) is 11.3 Å². The molecule has 2 N–H and O–H groups in total. The third kappa shape index (κ3) is 3.85. The Labute approximate surface area is 150 Å². The maximum Gasteiger partial charge on any atom is 0.338 e. The molecule has 0 unspecified atom stereocenters.